The molecule has 2 fully saturated rings. The van der Waals surface area contributed by atoms with E-state index in [9.17, 15) is 0 Å². The van der Waals surface area contributed by atoms with Crippen LogP contribution in [-0.4, -0.2) is 0 Å². The van der Waals surface area contributed by atoms with E-state index in [2.05, 4.69) is 6.92 Å². The van der Waals surface area contributed by atoms with Gasteiger partial charge in [-0.25, -0.2) is 0 Å². The Morgan fingerprint density at radius 1 is 1.08 bits per heavy atom. The molecule has 0 spiro atoms. The number of hydrogen-bond donors (Lipinski definition) is 0. The molecule has 2 rings (SSSR count). The van der Waals surface area contributed by atoms with Crippen molar-refractivity contribution in [2.24, 2.45) is 17.8 Å². The van der Waals surface area contributed by atoms with Crippen molar-refractivity contribution in [1.82, 2.24) is 0 Å². The van der Waals surface area contributed by atoms with E-state index in [4.69, 9.17) is 0 Å². The summed E-state index contributed by atoms with van der Waals surface area (Å²) in [5.74, 6) is 3.57. The van der Waals surface area contributed by atoms with Crippen LogP contribution in [0.1, 0.15) is 58.3 Å². The molecule has 0 bridgehead atoms. The minimum absolute atomic E-state index is 1.18. The van der Waals surface area contributed by atoms with E-state index in [0.29, 0.717) is 0 Å². The minimum Gasteiger partial charge on any atom is -0.0654 e. The van der Waals surface area contributed by atoms with Gasteiger partial charge in [-0.3, -0.25) is 0 Å². The molecular weight excluding hydrogens is 144 g/mol. The Morgan fingerprint density at radius 3 is 2.58 bits per heavy atom. The fourth-order valence-electron chi connectivity index (χ4n) is 2.54. The van der Waals surface area contributed by atoms with Crippen LogP contribution in [0.25, 0.3) is 0 Å². The molecule has 12 heavy (non-hydrogen) atoms. The van der Waals surface area contributed by atoms with Gasteiger partial charge in [-0.15, -0.1) is 0 Å². The smallest absolute Gasteiger partial charge is 0.0355 e. The summed E-state index contributed by atoms with van der Waals surface area (Å²) in [6, 6.07) is 0. The third-order valence-corrected chi connectivity index (χ3v) is 3.63. The average molecular weight is 166 g/mol. The third-order valence-electron chi connectivity index (χ3n) is 3.63. The monoisotopic (exact) mass is 166 g/mol. The zero-order valence-corrected chi connectivity index (χ0v) is 8.39. The Bertz CT molecular complexity index is 135. The summed E-state index contributed by atoms with van der Waals surface area (Å²) < 4.78 is 0. The maximum Gasteiger partial charge on any atom is -0.0355 e. The SMILES string of the molecule is CCCCCCC1CC1C1CC1. The molecule has 0 heterocycles. The first-order valence-corrected chi connectivity index (χ1v) is 5.92. The zero-order valence-electron chi connectivity index (χ0n) is 8.39. The van der Waals surface area contributed by atoms with Gasteiger partial charge in [0.05, 0.1) is 0 Å². The second-order valence-electron chi connectivity index (χ2n) is 4.85. The van der Waals surface area contributed by atoms with Crippen molar-refractivity contribution in [2.45, 2.75) is 58.3 Å². The third kappa shape index (κ3) is 2.24. The second-order valence-corrected chi connectivity index (χ2v) is 4.85. The van der Waals surface area contributed by atoms with Crippen LogP contribution in [0.3, 0.4) is 0 Å². The van der Waals surface area contributed by atoms with Crippen molar-refractivity contribution >= 4 is 0 Å². The summed E-state index contributed by atoms with van der Waals surface area (Å²) >= 11 is 0. The molecule has 0 aliphatic heterocycles. The standard InChI is InChI=1S/C12H22/c1-2-3-4-5-6-11-9-12(11)10-7-8-10/h10-12H,2-9H2,1H3. The molecule has 2 saturated carbocycles. The van der Waals surface area contributed by atoms with Gasteiger partial charge >= 0.3 is 0 Å². The fourth-order valence-corrected chi connectivity index (χ4v) is 2.54. The molecule has 0 N–H and O–H groups in total. The van der Waals surface area contributed by atoms with Crippen LogP contribution in [-0.2, 0) is 0 Å². The quantitative estimate of drug-likeness (QED) is 0.523. The van der Waals surface area contributed by atoms with Crippen molar-refractivity contribution in [3.63, 3.8) is 0 Å². The molecule has 0 heteroatoms. The van der Waals surface area contributed by atoms with Crippen molar-refractivity contribution in [3.05, 3.63) is 0 Å². The van der Waals surface area contributed by atoms with E-state index in [1.54, 1.807) is 25.7 Å². The molecule has 0 amide bonds. The van der Waals surface area contributed by atoms with Gasteiger partial charge in [0.25, 0.3) is 0 Å². The topological polar surface area (TPSA) is 0 Å². The van der Waals surface area contributed by atoms with Gasteiger partial charge in [-0.1, -0.05) is 39.0 Å². The maximum atomic E-state index is 2.30. The lowest BCUT2D eigenvalue weighted by molar-refractivity contribution is 0.544. The fraction of sp³-hybridized carbons (Fsp3) is 1.00. The largest absolute Gasteiger partial charge is 0.0654 e. The first-order chi connectivity index (χ1) is 5.92. The van der Waals surface area contributed by atoms with Crippen molar-refractivity contribution < 1.29 is 0 Å². The van der Waals surface area contributed by atoms with Crippen LogP contribution in [0.5, 0.6) is 0 Å². The Morgan fingerprint density at radius 2 is 1.92 bits per heavy atom. The molecule has 0 nitrogen and oxygen atoms in total. The van der Waals surface area contributed by atoms with E-state index < -0.39 is 0 Å². The van der Waals surface area contributed by atoms with E-state index in [-0.39, 0.29) is 0 Å². The van der Waals surface area contributed by atoms with Crippen LogP contribution in [0.4, 0.5) is 0 Å². The highest BCUT2D eigenvalue weighted by atomic mass is 14.5. The van der Waals surface area contributed by atoms with Crippen LogP contribution in [0, 0.1) is 17.8 Å². The van der Waals surface area contributed by atoms with Crippen molar-refractivity contribution in [1.29, 1.82) is 0 Å². The van der Waals surface area contributed by atoms with Crippen LogP contribution >= 0.6 is 0 Å². The molecule has 0 aromatic heterocycles. The molecule has 0 saturated heterocycles. The highest BCUT2D eigenvalue weighted by molar-refractivity contribution is 4.96. The molecule has 0 aromatic carbocycles. The summed E-state index contributed by atoms with van der Waals surface area (Å²) in [5.41, 5.74) is 0. The first-order valence-electron chi connectivity index (χ1n) is 5.92. The Hall–Kier alpha value is 0. The molecule has 0 aromatic rings. The Balaban J connectivity index is 1.46. The second kappa shape index (κ2) is 3.81. The van der Waals surface area contributed by atoms with Crippen molar-refractivity contribution in [2.75, 3.05) is 0 Å². The summed E-state index contributed by atoms with van der Waals surface area (Å²) in [4.78, 5) is 0. The van der Waals surface area contributed by atoms with E-state index in [0.717, 1.165) is 0 Å². The van der Waals surface area contributed by atoms with Gasteiger partial charge in [-0.05, 0) is 37.0 Å². The summed E-state index contributed by atoms with van der Waals surface area (Å²) in [7, 11) is 0. The normalized spacial score (nSPS) is 33.8. The summed E-state index contributed by atoms with van der Waals surface area (Å²) in [6.45, 7) is 2.30. The van der Waals surface area contributed by atoms with Gasteiger partial charge in [0, 0.05) is 0 Å². The molecular formula is C12H22. The predicted molar refractivity (Wildman–Crippen MR) is 53.1 cm³/mol. The molecule has 2 aliphatic carbocycles. The molecule has 2 unspecified atom stereocenters. The highest BCUT2D eigenvalue weighted by Crippen LogP contribution is 2.56. The highest BCUT2D eigenvalue weighted by Gasteiger charge is 2.46. The Labute approximate surface area is 76.7 Å². The van der Waals surface area contributed by atoms with Crippen molar-refractivity contribution in [3.8, 4) is 0 Å². The summed E-state index contributed by atoms with van der Waals surface area (Å²) in [5, 5.41) is 0. The lowest BCUT2D eigenvalue weighted by Gasteiger charge is -1.98. The molecule has 0 radical (unpaired) electrons. The van der Waals surface area contributed by atoms with Crippen LogP contribution in [0.2, 0.25) is 0 Å². The van der Waals surface area contributed by atoms with Gasteiger partial charge < -0.3 is 0 Å². The predicted octanol–water partition coefficient (Wildman–Crippen LogP) is 4.00. The van der Waals surface area contributed by atoms with E-state index in [1.807, 2.05) is 0 Å². The lowest BCUT2D eigenvalue weighted by Crippen LogP contribution is -1.85. The lowest BCUT2D eigenvalue weighted by atomic mass is 10.1. The average Bonchev–Trinajstić information content (AvgIpc) is 2.87. The maximum absolute atomic E-state index is 2.30. The van der Waals surface area contributed by atoms with Gasteiger partial charge in [0.15, 0.2) is 0 Å². The van der Waals surface area contributed by atoms with Gasteiger partial charge in [0.1, 0.15) is 0 Å². The first kappa shape index (κ1) is 8.59. The van der Waals surface area contributed by atoms with Gasteiger partial charge in [0.2, 0.25) is 0 Å². The molecule has 2 aliphatic rings. The van der Waals surface area contributed by atoms with E-state index >= 15 is 0 Å². The molecule has 2 atom stereocenters. The Kier molecular flexibility index (Phi) is 2.73. The number of rotatable bonds is 6. The number of hydrogen-bond acceptors (Lipinski definition) is 0. The van der Waals surface area contributed by atoms with E-state index in [1.165, 1.54) is 43.4 Å². The minimum atomic E-state index is 1.18. The summed E-state index contributed by atoms with van der Waals surface area (Å²) in [6.07, 6.45) is 12.1. The number of unbranched alkanes of at least 4 members (excludes halogenated alkanes) is 3. The van der Waals surface area contributed by atoms with Gasteiger partial charge in [-0.2, -0.15) is 0 Å². The van der Waals surface area contributed by atoms with Crippen LogP contribution in [0.15, 0.2) is 0 Å². The van der Waals surface area contributed by atoms with Crippen LogP contribution < -0.4 is 0 Å². The molecule has 70 valence electrons. The zero-order chi connectivity index (χ0) is 8.39.